The van der Waals surface area contributed by atoms with E-state index < -0.39 is 17.7 Å². The molecule has 0 heterocycles. The standard InChI is InChI=1S/C20H23N3O4/c1-4-27-17-8-6-5-7-16(17)19(25)21-12-18(24)22-23-20(26)15-10-9-13(2)11-14(15)3/h5-11H,4,12H2,1-3H3,(H,21,25)(H,22,24)(H,23,26). The maximum absolute atomic E-state index is 12.2. The van der Waals surface area contributed by atoms with Gasteiger partial charge in [0.25, 0.3) is 17.7 Å². The molecule has 0 aromatic heterocycles. The topological polar surface area (TPSA) is 96.5 Å². The number of carbonyl (C=O) groups is 3. The summed E-state index contributed by atoms with van der Waals surface area (Å²) in [5, 5.41) is 2.50. The SMILES string of the molecule is CCOc1ccccc1C(=O)NCC(=O)NNC(=O)c1ccc(C)cc1C. The molecule has 3 N–H and O–H groups in total. The van der Waals surface area contributed by atoms with Gasteiger partial charge in [-0.15, -0.1) is 0 Å². The van der Waals surface area contributed by atoms with Crippen molar-refractivity contribution >= 4 is 17.7 Å². The van der Waals surface area contributed by atoms with Gasteiger partial charge in [-0.25, -0.2) is 0 Å². The summed E-state index contributed by atoms with van der Waals surface area (Å²) in [7, 11) is 0. The van der Waals surface area contributed by atoms with Gasteiger partial charge in [0.2, 0.25) is 0 Å². The van der Waals surface area contributed by atoms with E-state index in [0.717, 1.165) is 11.1 Å². The second-order valence-electron chi connectivity index (χ2n) is 5.93. The van der Waals surface area contributed by atoms with E-state index in [1.54, 1.807) is 30.3 Å². The molecule has 0 fully saturated rings. The number of aryl methyl sites for hydroxylation is 2. The molecule has 2 aromatic carbocycles. The van der Waals surface area contributed by atoms with E-state index in [0.29, 0.717) is 23.5 Å². The van der Waals surface area contributed by atoms with Crippen LogP contribution >= 0.6 is 0 Å². The first-order valence-electron chi connectivity index (χ1n) is 8.58. The van der Waals surface area contributed by atoms with Crippen LogP contribution in [0.4, 0.5) is 0 Å². The monoisotopic (exact) mass is 369 g/mol. The molecule has 2 aromatic rings. The van der Waals surface area contributed by atoms with Gasteiger partial charge in [0.1, 0.15) is 5.75 Å². The van der Waals surface area contributed by atoms with Gasteiger partial charge < -0.3 is 10.1 Å². The minimum atomic E-state index is -0.546. The number of ether oxygens (including phenoxy) is 1. The van der Waals surface area contributed by atoms with Crippen molar-refractivity contribution in [3.63, 3.8) is 0 Å². The van der Waals surface area contributed by atoms with Crippen LogP contribution in [0.25, 0.3) is 0 Å². The van der Waals surface area contributed by atoms with Crippen molar-refractivity contribution in [1.82, 2.24) is 16.2 Å². The normalized spacial score (nSPS) is 10.0. The van der Waals surface area contributed by atoms with Crippen LogP contribution in [0, 0.1) is 13.8 Å². The second-order valence-corrected chi connectivity index (χ2v) is 5.93. The fraction of sp³-hybridized carbons (Fsp3) is 0.250. The Bertz CT molecular complexity index is 849. The molecule has 0 saturated heterocycles. The van der Waals surface area contributed by atoms with Crippen molar-refractivity contribution in [1.29, 1.82) is 0 Å². The van der Waals surface area contributed by atoms with Gasteiger partial charge >= 0.3 is 0 Å². The van der Waals surface area contributed by atoms with Crippen molar-refractivity contribution in [3.8, 4) is 5.75 Å². The van der Waals surface area contributed by atoms with Crippen LogP contribution in [0.2, 0.25) is 0 Å². The average Bonchev–Trinajstić information content (AvgIpc) is 2.65. The highest BCUT2D eigenvalue weighted by atomic mass is 16.5. The Labute approximate surface area is 158 Å². The largest absolute Gasteiger partial charge is 0.493 e. The maximum atomic E-state index is 12.2. The zero-order chi connectivity index (χ0) is 19.8. The molecule has 0 aliphatic rings. The molecule has 2 rings (SSSR count). The maximum Gasteiger partial charge on any atom is 0.269 e. The summed E-state index contributed by atoms with van der Waals surface area (Å²) in [5.41, 5.74) is 7.28. The van der Waals surface area contributed by atoms with E-state index in [4.69, 9.17) is 4.74 Å². The number of hydrogen-bond acceptors (Lipinski definition) is 4. The van der Waals surface area contributed by atoms with Gasteiger partial charge in [0.15, 0.2) is 0 Å². The molecule has 0 aliphatic carbocycles. The first kappa shape index (κ1) is 20.0. The molecule has 3 amide bonds. The van der Waals surface area contributed by atoms with E-state index in [1.807, 2.05) is 32.9 Å². The van der Waals surface area contributed by atoms with Crippen LogP contribution in [0.1, 0.15) is 38.8 Å². The number of hydrogen-bond donors (Lipinski definition) is 3. The fourth-order valence-electron chi connectivity index (χ4n) is 2.50. The van der Waals surface area contributed by atoms with E-state index in [1.165, 1.54) is 0 Å². The highest BCUT2D eigenvalue weighted by molar-refractivity contribution is 5.99. The zero-order valence-corrected chi connectivity index (χ0v) is 15.6. The number of para-hydroxylation sites is 1. The lowest BCUT2D eigenvalue weighted by Gasteiger charge is -2.12. The van der Waals surface area contributed by atoms with Gasteiger partial charge in [-0.1, -0.05) is 29.8 Å². The number of amides is 3. The molecule has 0 aliphatic heterocycles. The average molecular weight is 369 g/mol. The third-order valence-corrected chi connectivity index (χ3v) is 3.78. The Morgan fingerprint density at radius 3 is 2.37 bits per heavy atom. The van der Waals surface area contributed by atoms with E-state index in [-0.39, 0.29) is 6.54 Å². The van der Waals surface area contributed by atoms with E-state index in [9.17, 15) is 14.4 Å². The first-order chi connectivity index (χ1) is 12.9. The molecule has 27 heavy (non-hydrogen) atoms. The van der Waals surface area contributed by atoms with Crippen molar-refractivity contribution in [3.05, 3.63) is 64.7 Å². The zero-order valence-electron chi connectivity index (χ0n) is 15.6. The lowest BCUT2D eigenvalue weighted by atomic mass is 10.1. The summed E-state index contributed by atoms with van der Waals surface area (Å²) in [6.07, 6.45) is 0. The Balaban J connectivity index is 1.86. The van der Waals surface area contributed by atoms with Gasteiger partial charge in [-0.3, -0.25) is 25.2 Å². The molecule has 142 valence electrons. The summed E-state index contributed by atoms with van der Waals surface area (Å²) in [5.74, 6) is -0.958. The molecular formula is C20H23N3O4. The van der Waals surface area contributed by atoms with Crippen molar-refractivity contribution in [2.75, 3.05) is 13.2 Å². The van der Waals surface area contributed by atoms with Crippen molar-refractivity contribution in [2.24, 2.45) is 0 Å². The molecule has 0 unspecified atom stereocenters. The summed E-state index contributed by atoms with van der Waals surface area (Å²) in [4.78, 5) is 36.2. The molecule has 0 radical (unpaired) electrons. The summed E-state index contributed by atoms with van der Waals surface area (Å²) >= 11 is 0. The van der Waals surface area contributed by atoms with Crippen LogP contribution in [0.3, 0.4) is 0 Å². The number of rotatable bonds is 6. The highest BCUT2D eigenvalue weighted by Crippen LogP contribution is 2.17. The van der Waals surface area contributed by atoms with Crippen molar-refractivity contribution in [2.45, 2.75) is 20.8 Å². The quantitative estimate of drug-likeness (QED) is 0.678. The highest BCUT2D eigenvalue weighted by Gasteiger charge is 2.14. The van der Waals surface area contributed by atoms with E-state index >= 15 is 0 Å². The Hall–Kier alpha value is -3.35. The lowest BCUT2D eigenvalue weighted by Crippen LogP contribution is -2.46. The predicted molar refractivity (Wildman–Crippen MR) is 101 cm³/mol. The summed E-state index contributed by atoms with van der Waals surface area (Å²) < 4.78 is 5.39. The van der Waals surface area contributed by atoms with Crippen LogP contribution in [-0.2, 0) is 4.79 Å². The molecule has 0 saturated carbocycles. The molecular weight excluding hydrogens is 346 g/mol. The summed E-state index contributed by atoms with van der Waals surface area (Å²) in [6, 6.07) is 12.2. The van der Waals surface area contributed by atoms with Crippen molar-refractivity contribution < 1.29 is 19.1 Å². The Morgan fingerprint density at radius 1 is 0.926 bits per heavy atom. The van der Waals surface area contributed by atoms with Gasteiger partial charge in [0, 0.05) is 5.56 Å². The number of carbonyl (C=O) groups excluding carboxylic acids is 3. The number of hydrazine groups is 1. The molecule has 7 nitrogen and oxygen atoms in total. The molecule has 0 bridgehead atoms. The summed E-state index contributed by atoms with van der Waals surface area (Å²) in [6.45, 7) is 5.71. The van der Waals surface area contributed by atoms with Gasteiger partial charge in [0.05, 0.1) is 18.7 Å². The van der Waals surface area contributed by atoms with Crippen LogP contribution in [0.5, 0.6) is 5.75 Å². The third kappa shape index (κ3) is 5.57. The molecule has 0 atom stereocenters. The smallest absolute Gasteiger partial charge is 0.269 e. The van der Waals surface area contributed by atoms with Crippen LogP contribution in [-0.4, -0.2) is 30.9 Å². The Morgan fingerprint density at radius 2 is 1.67 bits per heavy atom. The first-order valence-corrected chi connectivity index (χ1v) is 8.58. The van der Waals surface area contributed by atoms with Gasteiger partial charge in [-0.2, -0.15) is 0 Å². The minimum absolute atomic E-state index is 0.285. The minimum Gasteiger partial charge on any atom is -0.493 e. The Kier molecular flexibility index (Phi) is 6.93. The second kappa shape index (κ2) is 9.38. The van der Waals surface area contributed by atoms with Gasteiger partial charge in [-0.05, 0) is 44.5 Å². The lowest BCUT2D eigenvalue weighted by molar-refractivity contribution is -0.120. The fourth-order valence-corrected chi connectivity index (χ4v) is 2.50. The number of nitrogens with one attached hydrogen (secondary N) is 3. The van der Waals surface area contributed by atoms with Crippen LogP contribution < -0.4 is 20.9 Å². The van der Waals surface area contributed by atoms with Crippen LogP contribution in [0.15, 0.2) is 42.5 Å². The number of benzene rings is 2. The van der Waals surface area contributed by atoms with E-state index in [2.05, 4.69) is 16.2 Å². The predicted octanol–water partition coefficient (Wildman–Crippen LogP) is 1.89. The molecule has 0 spiro atoms. The molecule has 7 heteroatoms. The third-order valence-electron chi connectivity index (χ3n) is 3.78.